The molecule has 0 aromatic carbocycles. The average Bonchev–Trinajstić information content (AvgIpc) is 2.43. The third-order valence-corrected chi connectivity index (χ3v) is 1.66. The maximum Gasteiger partial charge on any atom is 0.325 e. The van der Waals surface area contributed by atoms with E-state index in [2.05, 4.69) is 34.4 Å². The van der Waals surface area contributed by atoms with Crippen LogP contribution in [0, 0.1) is 0 Å². The van der Waals surface area contributed by atoms with Crippen LogP contribution in [-0.2, 0) is 0 Å². The van der Waals surface area contributed by atoms with E-state index in [9.17, 15) is 4.79 Å². The summed E-state index contributed by atoms with van der Waals surface area (Å²) in [6.07, 6.45) is 1.53. The zero-order valence-corrected chi connectivity index (χ0v) is 7.11. The van der Waals surface area contributed by atoms with E-state index in [-0.39, 0.29) is 5.69 Å². The van der Waals surface area contributed by atoms with Gasteiger partial charge in [0, 0.05) is 0 Å². The maximum atomic E-state index is 10.8. The molecule has 0 radical (unpaired) electrons. The molecule has 1 atom stereocenters. The lowest BCUT2D eigenvalue weighted by atomic mass is 10.6. The zero-order valence-electron chi connectivity index (χ0n) is 5.96. The lowest BCUT2D eigenvalue weighted by Crippen LogP contribution is -1.99. The molecule has 6 nitrogen and oxygen atoms in total. The van der Waals surface area contributed by atoms with Crippen molar-refractivity contribution in [1.29, 1.82) is 0 Å². The minimum absolute atomic E-state index is 0.278. The van der Waals surface area contributed by atoms with Gasteiger partial charge in [-0.25, -0.2) is 9.78 Å². The van der Waals surface area contributed by atoms with E-state index < -0.39 is 0 Å². The van der Waals surface area contributed by atoms with Crippen LogP contribution in [0.1, 0.15) is 0 Å². The van der Waals surface area contributed by atoms with Crippen LogP contribution in [0.5, 0.6) is 0 Å². The number of aromatic nitrogens is 4. The summed E-state index contributed by atoms with van der Waals surface area (Å²) >= 11 is 0. The third kappa shape index (κ3) is 1.06. The van der Waals surface area contributed by atoms with Crippen molar-refractivity contribution in [1.82, 2.24) is 19.9 Å². The van der Waals surface area contributed by atoms with Crippen LogP contribution in [0.3, 0.4) is 0 Å². The van der Waals surface area contributed by atoms with Gasteiger partial charge in [0.25, 0.3) is 0 Å². The van der Waals surface area contributed by atoms with E-state index in [4.69, 9.17) is 0 Å². The SMILES string of the molecule is O=c1[nH]c2cnc(NP)nc2[nH]1. The van der Waals surface area contributed by atoms with Crippen molar-refractivity contribution in [2.75, 3.05) is 5.09 Å². The minimum atomic E-state index is -0.278. The molecule has 3 N–H and O–H groups in total. The van der Waals surface area contributed by atoms with Gasteiger partial charge in [0.2, 0.25) is 5.95 Å². The van der Waals surface area contributed by atoms with Crippen molar-refractivity contribution in [2.24, 2.45) is 0 Å². The van der Waals surface area contributed by atoms with Crippen molar-refractivity contribution in [3.8, 4) is 0 Å². The first-order chi connectivity index (χ1) is 5.79. The molecule has 62 valence electrons. The van der Waals surface area contributed by atoms with E-state index >= 15 is 0 Å². The van der Waals surface area contributed by atoms with Crippen molar-refractivity contribution < 1.29 is 0 Å². The highest BCUT2D eigenvalue weighted by Gasteiger charge is 2.00. The van der Waals surface area contributed by atoms with Crippen molar-refractivity contribution >= 4 is 26.5 Å². The molecule has 2 rings (SSSR count). The number of fused-ring (bicyclic) bond motifs is 1. The van der Waals surface area contributed by atoms with Crippen molar-refractivity contribution in [2.45, 2.75) is 0 Å². The Bertz CT molecular complexity index is 460. The van der Waals surface area contributed by atoms with Gasteiger partial charge >= 0.3 is 5.69 Å². The van der Waals surface area contributed by atoms with Gasteiger partial charge in [-0.2, -0.15) is 4.98 Å². The monoisotopic (exact) mass is 183 g/mol. The van der Waals surface area contributed by atoms with Crippen LogP contribution in [0.25, 0.3) is 11.2 Å². The summed E-state index contributed by atoms with van der Waals surface area (Å²) in [5, 5.41) is 2.69. The number of hydrogen-bond donors (Lipinski definition) is 3. The van der Waals surface area contributed by atoms with Crippen molar-refractivity contribution in [3.63, 3.8) is 0 Å². The number of H-pyrrole nitrogens is 2. The Hall–Kier alpha value is -1.42. The Labute approximate surface area is 69.1 Å². The molecular weight excluding hydrogens is 177 g/mol. The lowest BCUT2D eigenvalue weighted by molar-refractivity contribution is 1.19. The zero-order chi connectivity index (χ0) is 8.55. The molecule has 0 aliphatic carbocycles. The van der Waals surface area contributed by atoms with Crippen LogP contribution in [0.4, 0.5) is 5.95 Å². The topological polar surface area (TPSA) is 86.5 Å². The smallest absolute Gasteiger partial charge is 0.325 e. The van der Waals surface area contributed by atoms with Crippen LogP contribution in [0.15, 0.2) is 11.0 Å². The Morgan fingerprint density at radius 3 is 3.08 bits per heavy atom. The number of hydrogen-bond acceptors (Lipinski definition) is 4. The van der Waals surface area contributed by atoms with E-state index in [0.717, 1.165) is 0 Å². The molecule has 0 fully saturated rings. The van der Waals surface area contributed by atoms with Crippen LogP contribution in [-0.4, -0.2) is 19.9 Å². The summed E-state index contributed by atoms with van der Waals surface area (Å²) in [5.41, 5.74) is 0.823. The van der Waals surface area contributed by atoms with Gasteiger partial charge in [-0.15, -0.1) is 0 Å². The molecule has 7 heteroatoms. The fourth-order valence-electron chi connectivity index (χ4n) is 0.899. The molecule has 12 heavy (non-hydrogen) atoms. The van der Waals surface area contributed by atoms with E-state index in [1.54, 1.807) is 0 Å². The Morgan fingerprint density at radius 2 is 2.33 bits per heavy atom. The van der Waals surface area contributed by atoms with E-state index in [1.165, 1.54) is 6.20 Å². The highest BCUT2D eigenvalue weighted by molar-refractivity contribution is 7.18. The summed E-state index contributed by atoms with van der Waals surface area (Å²) in [6, 6.07) is 0. The van der Waals surface area contributed by atoms with Crippen LogP contribution < -0.4 is 10.8 Å². The summed E-state index contributed by atoms with van der Waals surface area (Å²) in [4.78, 5) is 23.7. The molecule has 2 aromatic rings. The Kier molecular flexibility index (Phi) is 1.55. The van der Waals surface area contributed by atoms with Gasteiger partial charge in [0.15, 0.2) is 5.65 Å². The number of nitrogens with one attached hydrogen (secondary N) is 3. The summed E-state index contributed by atoms with van der Waals surface area (Å²) in [5.74, 6) is 0.447. The summed E-state index contributed by atoms with van der Waals surface area (Å²) in [6.45, 7) is 0. The first-order valence-corrected chi connectivity index (χ1v) is 3.79. The molecule has 1 unspecified atom stereocenters. The van der Waals surface area contributed by atoms with Gasteiger partial charge in [0.1, 0.15) is 5.52 Å². The molecule has 2 heterocycles. The minimum Gasteiger partial charge on any atom is -0.339 e. The molecule has 0 saturated heterocycles. The molecule has 0 saturated carbocycles. The standard InChI is InChI=1S/C5H6N5OP/c11-5-7-2-1-6-4(10-12)8-3(2)9-5/h1H,12H2,(H3,6,7,8,9,10,11). The number of aromatic amines is 2. The second kappa shape index (κ2) is 2.57. The van der Waals surface area contributed by atoms with Crippen LogP contribution >= 0.6 is 9.39 Å². The Balaban J connectivity index is 2.74. The number of anilines is 1. The molecular formula is C5H6N5OP. The quantitative estimate of drug-likeness (QED) is 0.536. The molecule has 2 aromatic heterocycles. The normalized spacial score (nSPS) is 10.4. The summed E-state index contributed by atoms with van der Waals surface area (Å²) < 4.78 is 0. The van der Waals surface area contributed by atoms with Crippen molar-refractivity contribution in [3.05, 3.63) is 16.7 Å². The first kappa shape index (κ1) is 7.24. The maximum absolute atomic E-state index is 10.8. The van der Waals surface area contributed by atoms with E-state index in [1.807, 2.05) is 0 Å². The molecule has 0 aliphatic heterocycles. The second-order valence-electron chi connectivity index (χ2n) is 2.18. The predicted octanol–water partition coefficient (Wildman–Crippen LogP) is -0.152. The predicted molar refractivity (Wildman–Crippen MR) is 47.8 cm³/mol. The lowest BCUT2D eigenvalue weighted by Gasteiger charge is -1.94. The third-order valence-electron chi connectivity index (χ3n) is 1.40. The average molecular weight is 183 g/mol. The van der Waals surface area contributed by atoms with Gasteiger partial charge in [-0.05, 0) is 9.39 Å². The highest BCUT2D eigenvalue weighted by Crippen LogP contribution is 2.05. The summed E-state index contributed by atoms with van der Waals surface area (Å²) in [7, 11) is 2.27. The van der Waals surface area contributed by atoms with Gasteiger partial charge in [-0.3, -0.25) is 4.98 Å². The fraction of sp³-hybridized carbons (Fsp3) is 0. The molecule has 0 aliphatic rings. The molecule has 0 bridgehead atoms. The fourth-order valence-corrected chi connectivity index (χ4v) is 1.04. The Morgan fingerprint density at radius 1 is 1.50 bits per heavy atom. The molecule has 0 spiro atoms. The molecule has 0 amide bonds. The number of imidazole rings is 1. The number of nitrogens with zero attached hydrogens (tertiary/aromatic N) is 2. The number of rotatable bonds is 1. The largest absolute Gasteiger partial charge is 0.339 e. The van der Waals surface area contributed by atoms with Crippen LogP contribution in [0.2, 0.25) is 0 Å². The van der Waals surface area contributed by atoms with Gasteiger partial charge in [-0.1, -0.05) is 0 Å². The second-order valence-corrected chi connectivity index (χ2v) is 2.47. The van der Waals surface area contributed by atoms with Gasteiger partial charge < -0.3 is 10.1 Å². The first-order valence-electron chi connectivity index (χ1n) is 3.21. The van der Waals surface area contributed by atoms with E-state index in [0.29, 0.717) is 17.1 Å². The highest BCUT2D eigenvalue weighted by atomic mass is 31.0. The van der Waals surface area contributed by atoms with Gasteiger partial charge in [0.05, 0.1) is 6.20 Å².